The highest BCUT2D eigenvalue weighted by molar-refractivity contribution is 7.34. The number of rotatable bonds is 10. The first-order valence-corrected chi connectivity index (χ1v) is 16.1. The second-order valence-corrected chi connectivity index (χ2v) is 13.1. The van der Waals surface area contributed by atoms with Gasteiger partial charge in [-0.15, -0.1) is 0 Å². The molecule has 2 aliphatic heterocycles. The Morgan fingerprint density at radius 3 is 2.29 bits per heavy atom. The van der Waals surface area contributed by atoms with Crippen LogP contribution in [0.15, 0.2) is 60.7 Å². The van der Waals surface area contributed by atoms with Crippen LogP contribution in [-0.2, 0) is 13.0 Å². The van der Waals surface area contributed by atoms with Crippen LogP contribution in [0.2, 0.25) is 0 Å². The van der Waals surface area contributed by atoms with Gasteiger partial charge in [-0.25, -0.2) is 0 Å². The van der Waals surface area contributed by atoms with Crippen LogP contribution >= 0.6 is 10.8 Å². The second kappa shape index (κ2) is 12.4. The van der Waals surface area contributed by atoms with E-state index in [1.807, 2.05) is 30.3 Å². The summed E-state index contributed by atoms with van der Waals surface area (Å²) in [7, 11) is 2.83. The third-order valence-electron chi connectivity index (χ3n) is 8.55. The van der Waals surface area contributed by atoms with Crippen LogP contribution in [0.1, 0.15) is 42.4 Å². The summed E-state index contributed by atoms with van der Waals surface area (Å²) in [5.41, 5.74) is 5.75. The third kappa shape index (κ3) is 6.24. The van der Waals surface area contributed by atoms with Gasteiger partial charge < -0.3 is 19.3 Å². The Labute approximate surface area is 246 Å². The molecule has 0 spiro atoms. The Balaban J connectivity index is 1.29. The lowest BCUT2D eigenvalue weighted by atomic mass is 9.97. The molecule has 1 unspecified atom stereocenters. The molecule has 0 amide bonds. The van der Waals surface area contributed by atoms with Crippen LogP contribution in [0.25, 0.3) is 20.5 Å². The minimum atomic E-state index is -1.38. The molecule has 7 heteroatoms. The molecule has 0 radical (unpaired) electrons. The average Bonchev–Trinajstić information content (AvgIpc) is 3.73. The molecule has 2 aliphatic rings. The highest BCUT2D eigenvalue weighted by Gasteiger charge is 2.25. The minimum absolute atomic E-state index is 0.139. The molecule has 6 rings (SSSR count). The molecule has 1 N–H and O–H groups in total. The molecule has 1 aromatic heterocycles. The van der Waals surface area contributed by atoms with E-state index in [1.165, 1.54) is 68.7 Å². The first-order valence-electron chi connectivity index (χ1n) is 14.9. The van der Waals surface area contributed by atoms with Crippen molar-refractivity contribution < 1.29 is 14.4 Å². The van der Waals surface area contributed by atoms with E-state index >= 15 is 0 Å². The molecule has 2 fully saturated rings. The number of hydrogen-bond donors (Lipinski definition) is 1. The van der Waals surface area contributed by atoms with Crippen molar-refractivity contribution in [2.24, 2.45) is 0 Å². The number of likely N-dealkylation sites (tertiary alicyclic amines) is 2. The fourth-order valence-corrected chi connectivity index (χ4v) is 7.97. The van der Waals surface area contributed by atoms with E-state index in [4.69, 9.17) is 4.74 Å². The lowest BCUT2D eigenvalue weighted by molar-refractivity contribution is 0.238. The van der Waals surface area contributed by atoms with Crippen molar-refractivity contribution in [3.05, 3.63) is 77.4 Å². The average molecular weight is 572 g/mol. The molecule has 4 aromatic rings. The molecule has 41 heavy (non-hydrogen) atoms. The SMILES string of the molecule is CN(C)c1cc(Cc2c(-c3ccc(OCCN4CCCC4)cc3)[s+]([O-])c3cc(O)ccc23)ccc1CN1CCCC1. The van der Waals surface area contributed by atoms with Crippen LogP contribution in [0.4, 0.5) is 5.69 Å². The molecular formula is C34H41N3O3S. The summed E-state index contributed by atoms with van der Waals surface area (Å²) < 4.78 is 20.6. The highest BCUT2D eigenvalue weighted by atomic mass is 32.2. The van der Waals surface area contributed by atoms with E-state index in [9.17, 15) is 9.66 Å². The van der Waals surface area contributed by atoms with Gasteiger partial charge in [0.1, 0.15) is 18.1 Å². The number of fused-ring (bicyclic) bond motifs is 1. The monoisotopic (exact) mass is 571 g/mol. The van der Waals surface area contributed by atoms with Crippen LogP contribution < -0.4 is 9.64 Å². The van der Waals surface area contributed by atoms with E-state index < -0.39 is 10.8 Å². The Hall–Kier alpha value is -3.10. The van der Waals surface area contributed by atoms with Crippen molar-refractivity contribution in [1.29, 1.82) is 0 Å². The zero-order chi connectivity index (χ0) is 28.3. The number of anilines is 1. The molecule has 0 bridgehead atoms. The maximum Gasteiger partial charge on any atom is 0.184 e. The Morgan fingerprint density at radius 2 is 1.59 bits per heavy atom. The molecule has 0 saturated carbocycles. The topological polar surface area (TPSA) is 62.2 Å². The van der Waals surface area contributed by atoms with E-state index in [0.717, 1.165) is 40.2 Å². The normalized spacial score (nSPS) is 16.6. The van der Waals surface area contributed by atoms with Gasteiger partial charge in [-0.1, -0.05) is 12.1 Å². The molecular weight excluding hydrogens is 530 g/mol. The molecule has 216 valence electrons. The summed E-state index contributed by atoms with van der Waals surface area (Å²) in [5, 5.41) is 11.2. The Morgan fingerprint density at radius 1 is 0.878 bits per heavy atom. The van der Waals surface area contributed by atoms with Crippen molar-refractivity contribution in [3.63, 3.8) is 0 Å². The first-order chi connectivity index (χ1) is 20.0. The van der Waals surface area contributed by atoms with Gasteiger partial charge in [0.05, 0.1) is 0 Å². The third-order valence-corrected chi connectivity index (χ3v) is 10.1. The summed E-state index contributed by atoms with van der Waals surface area (Å²) in [6.45, 7) is 7.26. The zero-order valence-electron chi connectivity index (χ0n) is 24.3. The van der Waals surface area contributed by atoms with Gasteiger partial charge in [0.2, 0.25) is 0 Å². The van der Waals surface area contributed by atoms with Crippen molar-refractivity contribution in [2.75, 3.05) is 58.3 Å². The standard InChI is InChI=1S/C34H41N3O3S/c1-35(2)32-22-25(7-8-27(32)24-37-17-5-6-18-37)21-31-30-14-11-28(38)23-33(30)41(39)34(31)26-9-12-29(13-10-26)40-20-19-36-15-3-4-16-36/h7-14,22-23,38H,3-6,15-21,24H2,1-2H3. The molecule has 6 nitrogen and oxygen atoms in total. The molecule has 1 atom stereocenters. The van der Waals surface area contributed by atoms with Gasteiger partial charge in [-0.3, -0.25) is 9.80 Å². The fourth-order valence-electron chi connectivity index (χ4n) is 6.37. The number of aromatic hydroxyl groups is 1. The van der Waals surface area contributed by atoms with E-state index in [0.29, 0.717) is 17.7 Å². The summed E-state index contributed by atoms with van der Waals surface area (Å²) >= 11 is 0. The van der Waals surface area contributed by atoms with E-state index in [1.54, 1.807) is 12.1 Å². The lowest BCUT2D eigenvalue weighted by Gasteiger charge is -2.22. The Kier molecular flexibility index (Phi) is 8.49. The summed E-state index contributed by atoms with van der Waals surface area (Å²) in [5.74, 6) is 0.971. The summed E-state index contributed by atoms with van der Waals surface area (Å²) in [4.78, 5) is 8.00. The number of hydrogen-bond acceptors (Lipinski definition) is 6. The van der Waals surface area contributed by atoms with Gasteiger partial charge in [-0.2, -0.15) is 0 Å². The molecule has 3 aromatic carbocycles. The van der Waals surface area contributed by atoms with Crippen LogP contribution in [0, 0.1) is 0 Å². The number of ether oxygens (including phenoxy) is 1. The number of phenolic OH excluding ortho intramolecular Hbond substituents is 1. The quantitative estimate of drug-likeness (QED) is 0.215. The first kappa shape index (κ1) is 28.0. The van der Waals surface area contributed by atoms with Crippen molar-refractivity contribution in [2.45, 2.75) is 38.6 Å². The van der Waals surface area contributed by atoms with Gasteiger partial charge >= 0.3 is 0 Å². The smallest absolute Gasteiger partial charge is 0.184 e. The Bertz CT molecular complexity index is 1490. The van der Waals surface area contributed by atoms with Crippen LogP contribution in [0.5, 0.6) is 11.5 Å². The maximum atomic E-state index is 13.9. The van der Waals surface area contributed by atoms with Crippen LogP contribution in [0.3, 0.4) is 0 Å². The largest absolute Gasteiger partial charge is 0.590 e. The highest BCUT2D eigenvalue weighted by Crippen LogP contribution is 2.47. The van der Waals surface area contributed by atoms with Crippen molar-refractivity contribution >= 4 is 26.5 Å². The zero-order valence-corrected chi connectivity index (χ0v) is 25.1. The molecule has 3 heterocycles. The van der Waals surface area contributed by atoms with Crippen molar-refractivity contribution in [1.82, 2.24) is 9.80 Å². The van der Waals surface area contributed by atoms with E-state index in [-0.39, 0.29) is 5.75 Å². The second-order valence-electron chi connectivity index (χ2n) is 11.7. The number of nitrogens with zero attached hydrogens (tertiary/aromatic N) is 3. The van der Waals surface area contributed by atoms with Gasteiger partial charge in [0, 0.05) is 61.9 Å². The van der Waals surface area contributed by atoms with Crippen molar-refractivity contribution in [3.8, 4) is 21.9 Å². The van der Waals surface area contributed by atoms with Gasteiger partial charge in [0.25, 0.3) is 0 Å². The molecule has 0 aliphatic carbocycles. The van der Waals surface area contributed by atoms with Crippen LogP contribution in [-0.4, -0.2) is 72.9 Å². The number of phenols is 1. The number of benzene rings is 3. The molecule has 2 saturated heterocycles. The predicted octanol–water partition coefficient (Wildman–Crippen LogP) is 6.67. The predicted molar refractivity (Wildman–Crippen MR) is 169 cm³/mol. The van der Waals surface area contributed by atoms with Gasteiger partial charge in [0.15, 0.2) is 9.58 Å². The van der Waals surface area contributed by atoms with E-state index in [2.05, 4.69) is 47.0 Å². The van der Waals surface area contributed by atoms with Gasteiger partial charge in [-0.05, 0) is 116 Å². The summed E-state index contributed by atoms with van der Waals surface area (Å²) in [6.07, 6.45) is 5.79. The minimum Gasteiger partial charge on any atom is -0.590 e. The number of thiophene rings is 1. The fraction of sp³-hybridized carbons (Fsp3) is 0.412. The summed E-state index contributed by atoms with van der Waals surface area (Å²) in [6, 6.07) is 20.0. The lowest BCUT2D eigenvalue weighted by Crippen LogP contribution is -2.25. The maximum absolute atomic E-state index is 13.9.